The molecule has 1 aliphatic rings. The number of carbonyl (C=O) groups is 1. The van der Waals surface area contributed by atoms with E-state index in [0.717, 1.165) is 18.4 Å². The summed E-state index contributed by atoms with van der Waals surface area (Å²) in [5.41, 5.74) is 0.723. The first-order chi connectivity index (χ1) is 10.2. The van der Waals surface area contributed by atoms with Crippen molar-refractivity contribution in [3.63, 3.8) is 0 Å². The average molecular weight is 294 g/mol. The maximum Gasteiger partial charge on any atom is 0.305 e. The Bertz CT molecular complexity index is 472. The van der Waals surface area contributed by atoms with Crippen molar-refractivity contribution in [2.45, 2.75) is 38.7 Å². The van der Waals surface area contributed by atoms with Crippen LogP contribution in [0, 0.1) is 0 Å². The molecular formula is C16H22O5. The number of carbonyl (C=O) groups excluding carboxylic acids is 1. The molecule has 0 bridgehead atoms. The summed E-state index contributed by atoms with van der Waals surface area (Å²) in [6.07, 6.45) is 1.70. The van der Waals surface area contributed by atoms with Crippen LogP contribution in [0.4, 0.5) is 0 Å². The largest absolute Gasteiger partial charge is 0.486 e. The van der Waals surface area contributed by atoms with E-state index >= 15 is 0 Å². The molecule has 0 fully saturated rings. The van der Waals surface area contributed by atoms with Crippen LogP contribution < -0.4 is 9.47 Å². The highest BCUT2D eigenvalue weighted by atomic mass is 16.6. The molecule has 1 unspecified atom stereocenters. The van der Waals surface area contributed by atoms with Gasteiger partial charge < -0.3 is 19.3 Å². The second kappa shape index (κ2) is 7.88. The third-order valence-electron chi connectivity index (χ3n) is 3.33. The van der Waals surface area contributed by atoms with Crippen LogP contribution >= 0.6 is 0 Å². The number of hydrogen-bond donors (Lipinski definition) is 1. The Hall–Kier alpha value is -1.75. The fourth-order valence-electron chi connectivity index (χ4n) is 2.09. The highest BCUT2D eigenvalue weighted by Crippen LogP contribution is 2.33. The predicted octanol–water partition coefficient (Wildman–Crippen LogP) is 2.61. The minimum absolute atomic E-state index is 0.208. The molecule has 0 radical (unpaired) electrons. The third-order valence-corrected chi connectivity index (χ3v) is 3.33. The number of fused-ring (bicyclic) bond motifs is 1. The van der Waals surface area contributed by atoms with Gasteiger partial charge in [-0.25, -0.2) is 0 Å². The number of benzene rings is 1. The zero-order chi connectivity index (χ0) is 15.1. The SMILES string of the molecule is CCCCOC(=O)CCC(O)c1ccc2c(c1)OCCO2. The van der Waals surface area contributed by atoms with Gasteiger partial charge in [-0.2, -0.15) is 0 Å². The summed E-state index contributed by atoms with van der Waals surface area (Å²) in [4.78, 5) is 11.5. The van der Waals surface area contributed by atoms with Crippen LogP contribution in [-0.4, -0.2) is 30.9 Å². The number of esters is 1. The van der Waals surface area contributed by atoms with Gasteiger partial charge >= 0.3 is 5.97 Å². The maximum absolute atomic E-state index is 11.5. The fourth-order valence-corrected chi connectivity index (χ4v) is 2.09. The van der Waals surface area contributed by atoms with Gasteiger partial charge in [-0.15, -0.1) is 0 Å². The smallest absolute Gasteiger partial charge is 0.305 e. The van der Waals surface area contributed by atoms with Gasteiger partial charge in [0.1, 0.15) is 13.2 Å². The van der Waals surface area contributed by atoms with Gasteiger partial charge in [-0.1, -0.05) is 19.4 Å². The molecule has 1 aromatic carbocycles. The Morgan fingerprint density at radius 1 is 1.33 bits per heavy atom. The molecule has 1 heterocycles. The molecule has 1 N–H and O–H groups in total. The second-order valence-corrected chi connectivity index (χ2v) is 5.03. The van der Waals surface area contributed by atoms with Gasteiger partial charge in [-0.3, -0.25) is 4.79 Å². The van der Waals surface area contributed by atoms with Gasteiger partial charge in [0.15, 0.2) is 11.5 Å². The second-order valence-electron chi connectivity index (χ2n) is 5.03. The van der Waals surface area contributed by atoms with E-state index in [2.05, 4.69) is 0 Å². The molecule has 5 heteroatoms. The van der Waals surface area contributed by atoms with Crippen LogP contribution in [0.25, 0.3) is 0 Å². The molecule has 0 saturated carbocycles. The third kappa shape index (κ3) is 4.63. The summed E-state index contributed by atoms with van der Waals surface area (Å²) < 4.78 is 16.0. The first-order valence-electron chi connectivity index (χ1n) is 7.44. The summed E-state index contributed by atoms with van der Waals surface area (Å²) >= 11 is 0. The molecule has 0 amide bonds. The highest BCUT2D eigenvalue weighted by Gasteiger charge is 2.16. The van der Waals surface area contributed by atoms with Gasteiger partial charge in [0.05, 0.1) is 12.7 Å². The van der Waals surface area contributed by atoms with Crippen LogP contribution in [-0.2, 0) is 9.53 Å². The average Bonchev–Trinajstić information content (AvgIpc) is 2.52. The summed E-state index contributed by atoms with van der Waals surface area (Å²) in [6.45, 7) is 3.55. The van der Waals surface area contributed by atoms with Crippen molar-refractivity contribution in [2.24, 2.45) is 0 Å². The molecule has 1 aromatic rings. The number of aliphatic hydroxyl groups is 1. The number of rotatable bonds is 7. The van der Waals surface area contributed by atoms with Crippen LogP contribution in [0.3, 0.4) is 0 Å². The number of aliphatic hydroxyl groups excluding tert-OH is 1. The van der Waals surface area contributed by atoms with Crippen molar-refractivity contribution in [1.82, 2.24) is 0 Å². The van der Waals surface area contributed by atoms with E-state index < -0.39 is 6.10 Å². The molecule has 1 aliphatic heterocycles. The van der Waals surface area contributed by atoms with E-state index in [1.54, 1.807) is 18.2 Å². The van der Waals surface area contributed by atoms with Gasteiger partial charge in [0.25, 0.3) is 0 Å². The molecule has 116 valence electrons. The lowest BCUT2D eigenvalue weighted by molar-refractivity contribution is -0.144. The highest BCUT2D eigenvalue weighted by molar-refractivity contribution is 5.69. The summed E-state index contributed by atoms with van der Waals surface area (Å²) in [5, 5.41) is 10.1. The Morgan fingerprint density at radius 2 is 2.10 bits per heavy atom. The van der Waals surface area contributed by atoms with Crippen molar-refractivity contribution < 1.29 is 24.1 Å². The van der Waals surface area contributed by atoms with Crippen LogP contribution in [0.5, 0.6) is 11.5 Å². The van der Waals surface area contributed by atoms with E-state index in [1.807, 2.05) is 6.92 Å². The van der Waals surface area contributed by atoms with Crippen LogP contribution in [0.1, 0.15) is 44.3 Å². The van der Waals surface area contributed by atoms with Crippen molar-refractivity contribution >= 4 is 5.97 Å². The molecule has 0 aliphatic carbocycles. The summed E-state index contributed by atoms with van der Waals surface area (Å²) in [6, 6.07) is 5.34. The molecule has 5 nitrogen and oxygen atoms in total. The molecule has 0 aromatic heterocycles. The minimum Gasteiger partial charge on any atom is -0.486 e. The normalized spacial score (nSPS) is 14.6. The lowest BCUT2D eigenvalue weighted by Gasteiger charge is -2.20. The zero-order valence-corrected chi connectivity index (χ0v) is 12.3. The molecular weight excluding hydrogens is 272 g/mol. The van der Waals surface area contributed by atoms with Crippen molar-refractivity contribution in [3.05, 3.63) is 23.8 Å². The topological polar surface area (TPSA) is 65.0 Å². The van der Waals surface area contributed by atoms with Gasteiger partial charge in [-0.05, 0) is 30.5 Å². The maximum atomic E-state index is 11.5. The van der Waals surface area contributed by atoms with E-state index in [4.69, 9.17) is 14.2 Å². The molecule has 0 spiro atoms. The minimum atomic E-state index is -0.709. The Morgan fingerprint density at radius 3 is 2.86 bits per heavy atom. The summed E-state index contributed by atoms with van der Waals surface area (Å²) in [5.74, 6) is 1.07. The van der Waals surface area contributed by atoms with Gasteiger partial charge in [0.2, 0.25) is 0 Å². The Kier molecular flexibility index (Phi) is 5.87. The van der Waals surface area contributed by atoms with E-state index in [1.165, 1.54) is 0 Å². The molecule has 2 rings (SSSR count). The molecule has 0 saturated heterocycles. The zero-order valence-electron chi connectivity index (χ0n) is 12.3. The first-order valence-corrected chi connectivity index (χ1v) is 7.44. The Balaban J connectivity index is 1.83. The van der Waals surface area contributed by atoms with Gasteiger partial charge in [0, 0.05) is 6.42 Å². The standard InChI is InChI=1S/C16H22O5/c1-2-3-8-21-16(18)7-5-13(17)12-4-6-14-15(11-12)20-10-9-19-14/h4,6,11,13,17H,2-3,5,7-10H2,1H3. The number of unbranched alkanes of at least 4 members (excludes halogenated alkanes) is 1. The number of ether oxygens (including phenoxy) is 3. The van der Waals surface area contributed by atoms with Crippen LogP contribution in [0.15, 0.2) is 18.2 Å². The van der Waals surface area contributed by atoms with Crippen molar-refractivity contribution in [2.75, 3.05) is 19.8 Å². The Labute approximate surface area is 124 Å². The van der Waals surface area contributed by atoms with E-state index in [9.17, 15) is 9.90 Å². The predicted molar refractivity (Wildman–Crippen MR) is 77.5 cm³/mol. The monoisotopic (exact) mass is 294 g/mol. The molecule has 21 heavy (non-hydrogen) atoms. The quantitative estimate of drug-likeness (QED) is 0.618. The van der Waals surface area contributed by atoms with Crippen molar-refractivity contribution in [1.29, 1.82) is 0 Å². The number of hydrogen-bond acceptors (Lipinski definition) is 5. The lowest BCUT2D eigenvalue weighted by Crippen LogP contribution is -2.15. The summed E-state index contributed by atoms with van der Waals surface area (Å²) in [7, 11) is 0. The van der Waals surface area contributed by atoms with Crippen LogP contribution in [0.2, 0.25) is 0 Å². The van der Waals surface area contributed by atoms with E-state index in [-0.39, 0.29) is 12.4 Å². The fraction of sp³-hybridized carbons (Fsp3) is 0.562. The first kappa shape index (κ1) is 15.6. The van der Waals surface area contributed by atoms with E-state index in [0.29, 0.717) is 37.7 Å². The lowest BCUT2D eigenvalue weighted by atomic mass is 10.0. The molecule has 1 atom stereocenters. The van der Waals surface area contributed by atoms with Crippen molar-refractivity contribution in [3.8, 4) is 11.5 Å².